The Morgan fingerprint density at radius 1 is 1.27 bits per heavy atom. The first-order chi connectivity index (χ1) is 12.7. The van der Waals surface area contributed by atoms with Crippen LogP contribution in [0.3, 0.4) is 0 Å². The van der Waals surface area contributed by atoms with Crippen LogP contribution in [0.1, 0.15) is 42.6 Å². The fraction of sp³-hybridized carbons (Fsp3) is 0.579. The third kappa shape index (κ3) is 3.23. The number of aromatic amines is 1. The fourth-order valence-corrected chi connectivity index (χ4v) is 4.00. The minimum Gasteiger partial charge on any atom is -0.486 e. The molecule has 3 heterocycles. The highest BCUT2D eigenvalue weighted by Gasteiger charge is 2.26. The number of hydrogen-bond donors (Lipinski definition) is 1. The van der Waals surface area contributed by atoms with E-state index in [1.807, 2.05) is 6.92 Å². The summed E-state index contributed by atoms with van der Waals surface area (Å²) in [6.45, 7) is 8.83. The maximum Gasteiger partial charge on any atom is 0.343 e. The van der Waals surface area contributed by atoms with Crippen molar-refractivity contribution in [1.29, 1.82) is 0 Å². The van der Waals surface area contributed by atoms with Crippen molar-refractivity contribution in [3.8, 4) is 11.5 Å². The quantitative estimate of drug-likeness (QED) is 0.906. The number of ether oxygens (including phenoxy) is 2. The molecule has 1 fully saturated rings. The second kappa shape index (κ2) is 7.15. The molecule has 0 spiro atoms. The Morgan fingerprint density at radius 3 is 2.81 bits per heavy atom. The van der Waals surface area contributed by atoms with Crippen molar-refractivity contribution in [3.63, 3.8) is 0 Å². The van der Waals surface area contributed by atoms with Gasteiger partial charge < -0.3 is 9.47 Å². The molecule has 2 aromatic rings. The van der Waals surface area contributed by atoms with Crippen molar-refractivity contribution in [3.05, 3.63) is 39.6 Å². The molecule has 140 valence electrons. The summed E-state index contributed by atoms with van der Waals surface area (Å²) in [6, 6.07) is 4.19. The molecule has 1 aromatic carbocycles. The van der Waals surface area contributed by atoms with E-state index in [2.05, 4.69) is 34.2 Å². The van der Waals surface area contributed by atoms with Gasteiger partial charge in [-0.2, -0.15) is 5.10 Å². The Balaban J connectivity index is 1.51. The molecule has 2 aliphatic heterocycles. The summed E-state index contributed by atoms with van der Waals surface area (Å²) in [5.74, 6) is 2.87. The molecular weight excluding hydrogens is 332 g/mol. The van der Waals surface area contributed by atoms with Gasteiger partial charge in [-0.1, -0.05) is 0 Å². The molecule has 2 aliphatic rings. The molecular formula is C19H26N4O3. The van der Waals surface area contributed by atoms with Crippen LogP contribution >= 0.6 is 0 Å². The van der Waals surface area contributed by atoms with Crippen molar-refractivity contribution in [1.82, 2.24) is 19.7 Å². The predicted octanol–water partition coefficient (Wildman–Crippen LogP) is 2.05. The first-order valence-electron chi connectivity index (χ1n) is 9.42. The number of nitrogens with zero attached hydrogens (tertiary/aromatic N) is 3. The van der Waals surface area contributed by atoms with Gasteiger partial charge in [0.1, 0.15) is 19.0 Å². The minimum atomic E-state index is -0.109. The van der Waals surface area contributed by atoms with Crippen LogP contribution < -0.4 is 15.2 Å². The minimum absolute atomic E-state index is 0.109. The van der Waals surface area contributed by atoms with E-state index in [-0.39, 0.29) is 5.69 Å². The van der Waals surface area contributed by atoms with Gasteiger partial charge in [-0.3, -0.25) is 9.47 Å². The highest BCUT2D eigenvalue weighted by Crippen LogP contribution is 2.34. The number of hydrogen-bond acceptors (Lipinski definition) is 5. The molecule has 0 unspecified atom stereocenters. The zero-order valence-corrected chi connectivity index (χ0v) is 15.5. The molecule has 7 heteroatoms. The standard InChI is InChI=1S/C19H26N4O3/c1-3-23-18(20-21-19(23)24)14-5-4-6-22(11-14)12-15-10-17-16(9-13(15)2)25-7-8-26-17/h9-10,14H,3-8,11-12H2,1-2H3,(H,21,24)/t14-/m1/s1. The highest BCUT2D eigenvalue weighted by molar-refractivity contribution is 5.47. The van der Waals surface area contributed by atoms with E-state index in [0.29, 0.717) is 25.7 Å². The van der Waals surface area contributed by atoms with Gasteiger partial charge >= 0.3 is 5.69 Å². The van der Waals surface area contributed by atoms with Crippen molar-refractivity contribution < 1.29 is 9.47 Å². The lowest BCUT2D eigenvalue weighted by molar-refractivity contribution is 0.169. The van der Waals surface area contributed by atoms with Crippen LogP contribution in [0.4, 0.5) is 0 Å². The Labute approximate surface area is 152 Å². The normalized spacial score (nSPS) is 20.3. The Morgan fingerprint density at radius 2 is 2.04 bits per heavy atom. The Bertz CT molecular complexity index is 842. The van der Waals surface area contributed by atoms with Crippen LogP contribution in [0.5, 0.6) is 11.5 Å². The average Bonchev–Trinajstić information content (AvgIpc) is 3.03. The van der Waals surface area contributed by atoms with E-state index >= 15 is 0 Å². The Hall–Kier alpha value is -2.28. The topological polar surface area (TPSA) is 72.4 Å². The number of likely N-dealkylation sites (tertiary alicyclic amines) is 1. The lowest BCUT2D eigenvalue weighted by Crippen LogP contribution is -2.35. The molecule has 0 saturated carbocycles. The van der Waals surface area contributed by atoms with E-state index in [1.165, 1.54) is 11.1 Å². The monoisotopic (exact) mass is 358 g/mol. The van der Waals surface area contributed by atoms with Crippen LogP contribution in [-0.4, -0.2) is 46.0 Å². The number of aryl methyl sites for hydroxylation is 1. The summed E-state index contributed by atoms with van der Waals surface area (Å²) in [5, 5.41) is 6.89. The SMILES string of the molecule is CCn1c([C@@H]2CCCN(Cc3cc4c(cc3C)OCCO4)C2)n[nH]c1=O. The highest BCUT2D eigenvalue weighted by atomic mass is 16.6. The van der Waals surface area contributed by atoms with Crippen molar-refractivity contribution in [2.45, 2.75) is 45.7 Å². The number of piperidine rings is 1. The molecule has 1 aromatic heterocycles. The smallest absolute Gasteiger partial charge is 0.343 e. The van der Waals surface area contributed by atoms with Crippen molar-refractivity contribution >= 4 is 0 Å². The summed E-state index contributed by atoms with van der Waals surface area (Å²) in [5.41, 5.74) is 2.38. The van der Waals surface area contributed by atoms with Crippen LogP contribution in [0, 0.1) is 6.92 Å². The summed E-state index contributed by atoms with van der Waals surface area (Å²) in [4.78, 5) is 14.3. The first-order valence-corrected chi connectivity index (χ1v) is 9.42. The van der Waals surface area contributed by atoms with Gasteiger partial charge in [-0.25, -0.2) is 9.89 Å². The summed E-state index contributed by atoms with van der Waals surface area (Å²) in [7, 11) is 0. The van der Waals surface area contributed by atoms with Crippen LogP contribution in [0.25, 0.3) is 0 Å². The Kier molecular flexibility index (Phi) is 4.72. The van der Waals surface area contributed by atoms with Crippen molar-refractivity contribution in [2.24, 2.45) is 0 Å². The number of nitrogens with one attached hydrogen (secondary N) is 1. The van der Waals surface area contributed by atoms with Gasteiger partial charge in [0.15, 0.2) is 11.5 Å². The average molecular weight is 358 g/mol. The van der Waals surface area contributed by atoms with Gasteiger partial charge in [0.2, 0.25) is 0 Å². The second-order valence-electron chi connectivity index (χ2n) is 7.13. The molecule has 0 aliphatic carbocycles. The first kappa shape index (κ1) is 17.1. The van der Waals surface area contributed by atoms with E-state index in [0.717, 1.165) is 49.8 Å². The molecule has 26 heavy (non-hydrogen) atoms. The number of aromatic nitrogens is 3. The van der Waals surface area contributed by atoms with Crippen LogP contribution in [0.2, 0.25) is 0 Å². The summed E-state index contributed by atoms with van der Waals surface area (Å²) in [6.07, 6.45) is 2.18. The maximum absolute atomic E-state index is 11.9. The third-order valence-electron chi connectivity index (χ3n) is 5.37. The summed E-state index contributed by atoms with van der Waals surface area (Å²) < 4.78 is 13.2. The zero-order valence-electron chi connectivity index (χ0n) is 15.5. The van der Waals surface area contributed by atoms with E-state index in [9.17, 15) is 4.79 Å². The number of fused-ring (bicyclic) bond motifs is 1. The number of H-pyrrole nitrogens is 1. The van der Waals surface area contributed by atoms with Gasteiger partial charge in [0.05, 0.1) is 0 Å². The van der Waals surface area contributed by atoms with Gasteiger partial charge in [0.25, 0.3) is 0 Å². The van der Waals surface area contributed by atoms with Gasteiger partial charge in [0, 0.05) is 25.6 Å². The van der Waals surface area contributed by atoms with E-state index < -0.39 is 0 Å². The molecule has 0 amide bonds. The van der Waals surface area contributed by atoms with Crippen molar-refractivity contribution in [2.75, 3.05) is 26.3 Å². The molecule has 1 saturated heterocycles. The van der Waals surface area contributed by atoms with E-state index in [1.54, 1.807) is 4.57 Å². The molecule has 1 atom stereocenters. The van der Waals surface area contributed by atoms with E-state index in [4.69, 9.17) is 9.47 Å². The van der Waals surface area contributed by atoms with Crippen LogP contribution in [-0.2, 0) is 13.1 Å². The predicted molar refractivity (Wildman–Crippen MR) is 97.9 cm³/mol. The summed E-state index contributed by atoms with van der Waals surface area (Å²) >= 11 is 0. The molecule has 7 nitrogen and oxygen atoms in total. The molecule has 0 radical (unpaired) electrons. The zero-order chi connectivity index (χ0) is 18.1. The third-order valence-corrected chi connectivity index (χ3v) is 5.37. The largest absolute Gasteiger partial charge is 0.486 e. The fourth-order valence-electron chi connectivity index (χ4n) is 4.00. The second-order valence-corrected chi connectivity index (χ2v) is 7.13. The molecule has 1 N–H and O–H groups in total. The number of rotatable bonds is 4. The maximum atomic E-state index is 11.9. The van der Waals surface area contributed by atoms with Gasteiger partial charge in [-0.05, 0) is 56.5 Å². The van der Waals surface area contributed by atoms with Gasteiger partial charge in [-0.15, -0.1) is 0 Å². The lowest BCUT2D eigenvalue weighted by atomic mass is 9.96. The number of benzene rings is 1. The molecule has 4 rings (SSSR count). The lowest BCUT2D eigenvalue weighted by Gasteiger charge is -2.33. The van der Waals surface area contributed by atoms with Crippen LogP contribution in [0.15, 0.2) is 16.9 Å². The molecule has 0 bridgehead atoms.